The van der Waals surface area contributed by atoms with Crippen LogP contribution in [0.2, 0.25) is 0 Å². The molecule has 1 rings (SSSR count). The number of piperazine rings is 1. The second-order valence-electron chi connectivity index (χ2n) is 2.62. The van der Waals surface area contributed by atoms with Crippen LogP contribution in [0.15, 0.2) is 0 Å². The van der Waals surface area contributed by atoms with E-state index in [0.717, 1.165) is 13.1 Å². The molecule has 0 aromatic carbocycles. The molecule has 4 N–H and O–H groups in total. The highest BCUT2D eigenvalue weighted by Gasteiger charge is 2.22. The summed E-state index contributed by atoms with van der Waals surface area (Å²) in [4.78, 5) is 11.1. The first-order valence-corrected chi connectivity index (χ1v) is 3.68. The maximum absolute atomic E-state index is 11.1. The lowest BCUT2D eigenvalue weighted by Crippen LogP contribution is -2.58. The summed E-state index contributed by atoms with van der Waals surface area (Å²) in [5, 5.41) is 7.29. The molecule has 0 radical (unpaired) electrons. The number of nitrogens with two attached hydrogens (primary N) is 1. The predicted octanol–water partition coefficient (Wildman–Crippen LogP) is -2.12. The molecule has 64 valence electrons. The number of carbonyl (C=O) groups excluding carboxylic acids is 1. The predicted molar refractivity (Wildman–Crippen MR) is 41.6 cm³/mol. The van der Waals surface area contributed by atoms with Gasteiger partial charge in [0, 0.05) is 26.7 Å². The Kier molecular flexibility index (Phi) is 2.81. The van der Waals surface area contributed by atoms with Crippen LogP contribution in [0.3, 0.4) is 0 Å². The first-order chi connectivity index (χ1) is 5.24. The molecule has 5 heteroatoms. The number of nitrogens with zero attached hydrogens (tertiary/aromatic N) is 1. The SMILES string of the molecule is CNC(=O)C1CN(N)CCN1. The van der Waals surface area contributed by atoms with E-state index in [1.807, 2.05) is 0 Å². The van der Waals surface area contributed by atoms with E-state index in [1.54, 1.807) is 12.1 Å². The van der Waals surface area contributed by atoms with Crippen LogP contribution >= 0.6 is 0 Å². The number of likely N-dealkylation sites (N-methyl/N-ethyl adjacent to an activating group) is 1. The summed E-state index contributed by atoms with van der Waals surface area (Å²) in [6.45, 7) is 2.15. The maximum Gasteiger partial charge on any atom is 0.238 e. The molecule has 1 amide bonds. The fourth-order valence-electron chi connectivity index (χ4n) is 1.12. The van der Waals surface area contributed by atoms with E-state index in [0.29, 0.717) is 6.54 Å². The van der Waals surface area contributed by atoms with Gasteiger partial charge >= 0.3 is 0 Å². The molecule has 0 aromatic rings. The molecular formula is C6H14N4O. The fraction of sp³-hybridized carbons (Fsp3) is 0.833. The van der Waals surface area contributed by atoms with Crippen molar-refractivity contribution >= 4 is 5.91 Å². The van der Waals surface area contributed by atoms with E-state index in [-0.39, 0.29) is 11.9 Å². The Labute approximate surface area is 65.9 Å². The molecular weight excluding hydrogens is 144 g/mol. The van der Waals surface area contributed by atoms with Crippen molar-refractivity contribution in [2.45, 2.75) is 6.04 Å². The van der Waals surface area contributed by atoms with Gasteiger partial charge in [-0.2, -0.15) is 0 Å². The van der Waals surface area contributed by atoms with Gasteiger partial charge in [-0.1, -0.05) is 0 Å². The van der Waals surface area contributed by atoms with Crippen molar-refractivity contribution < 1.29 is 4.79 Å². The van der Waals surface area contributed by atoms with E-state index in [4.69, 9.17) is 5.84 Å². The van der Waals surface area contributed by atoms with Gasteiger partial charge in [0.1, 0.15) is 6.04 Å². The fourth-order valence-corrected chi connectivity index (χ4v) is 1.12. The van der Waals surface area contributed by atoms with Crippen molar-refractivity contribution in [1.29, 1.82) is 0 Å². The van der Waals surface area contributed by atoms with Crippen LogP contribution in [0, 0.1) is 0 Å². The number of carbonyl (C=O) groups is 1. The summed E-state index contributed by atoms with van der Waals surface area (Å²) < 4.78 is 0. The number of rotatable bonds is 1. The average Bonchev–Trinajstić information content (AvgIpc) is 2.03. The zero-order valence-corrected chi connectivity index (χ0v) is 6.63. The van der Waals surface area contributed by atoms with Crippen LogP contribution in [0.5, 0.6) is 0 Å². The van der Waals surface area contributed by atoms with E-state index in [9.17, 15) is 4.79 Å². The highest BCUT2D eigenvalue weighted by molar-refractivity contribution is 5.81. The second kappa shape index (κ2) is 3.66. The Bertz CT molecular complexity index is 150. The number of hydrazine groups is 1. The zero-order chi connectivity index (χ0) is 8.27. The van der Waals surface area contributed by atoms with Crippen LogP contribution in [-0.4, -0.2) is 43.6 Å². The minimum Gasteiger partial charge on any atom is -0.358 e. The van der Waals surface area contributed by atoms with Crippen LogP contribution in [-0.2, 0) is 4.79 Å². The standard InChI is InChI=1S/C6H14N4O/c1-8-6(11)5-4-10(7)3-2-9-5/h5,9H,2-4,7H2,1H3,(H,8,11). The number of nitrogens with one attached hydrogen (secondary N) is 2. The zero-order valence-electron chi connectivity index (χ0n) is 6.63. The molecule has 1 saturated heterocycles. The Morgan fingerprint density at radius 2 is 2.55 bits per heavy atom. The van der Waals surface area contributed by atoms with Gasteiger partial charge in [-0.3, -0.25) is 10.6 Å². The topological polar surface area (TPSA) is 70.4 Å². The van der Waals surface area contributed by atoms with E-state index in [1.165, 1.54) is 0 Å². The number of hydrogen-bond donors (Lipinski definition) is 3. The summed E-state index contributed by atoms with van der Waals surface area (Å²) in [5.41, 5.74) is 0. The molecule has 11 heavy (non-hydrogen) atoms. The van der Waals surface area contributed by atoms with Gasteiger partial charge in [0.25, 0.3) is 0 Å². The first kappa shape index (κ1) is 8.45. The molecule has 0 aromatic heterocycles. The quantitative estimate of drug-likeness (QED) is 0.382. The highest BCUT2D eigenvalue weighted by Crippen LogP contribution is 1.92. The van der Waals surface area contributed by atoms with Crippen molar-refractivity contribution in [3.63, 3.8) is 0 Å². The first-order valence-electron chi connectivity index (χ1n) is 3.68. The molecule has 5 nitrogen and oxygen atoms in total. The Balaban J connectivity index is 2.39. The lowest BCUT2D eigenvalue weighted by molar-refractivity contribution is -0.123. The number of amides is 1. The smallest absolute Gasteiger partial charge is 0.238 e. The Morgan fingerprint density at radius 3 is 3.09 bits per heavy atom. The maximum atomic E-state index is 11.1. The van der Waals surface area contributed by atoms with Crippen molar-refractivity contribution in [3.8, 4) is 0 Å². The molecule has 1 aliphatic heterocycles. The van der Waals surface area contributed by atoms with Crippen LogP contribution in [0.4, 0.5) is 0 Å². The van der Waals surface area contributed by atoms with E-state index >= 15 is 0 Å². The molecule has 1 atom stereocenters. The molecule has 1 heterocycles. The summed E-state index contributed by atoms with van der Waals surface area (Å²) in [6, 6.07) is -0.154. The van der Waals surface area contributed by atoms with Crippen molar-refractivity contribution in [2.75, 3.05) is 26.7 Å². The molecule has 0 aliphatic carbocycles. The molecule has 1 fully saturated rings. The van der Waals surface area contributed by atoms with Gasteiger partial charge in [-0.05, 0) is 0 Å². The van der Waals surface area contributed by atoms with Gasteiger partial charge < -0.3 is 10.6 Å². The molecule has 1 unspecified atom stereocenters. The van der Waals surface area contributed by atoms with Crippen molar-refractivity contribution in [2.24, 2.45) is 5.84 Å². The number of hydrogen-bond acceptors (Lipinski definition) is 4. The normalized spacial score (nSPS) is 26.5. The van der Waals surface area contributed by atoms with Gasteiger partial charge in [0.05, 0.1) is 0 Å². The van der Waals surface area contributed by atoms with Gasteiger partial charge in [0.15, 0.2) is 0 Å². The van der Waals surface area contributed by atoms with Crippen molar-refractivity contribution in [3.05, 3.63) is 0 Å². The molecule has 0 spiro atoms. The Hall–Kier alpha value is -0.650. The Morgan fingerprint density at radius 1 is 1.82 bits per heavy atom. The summed E-state index contributed by atoms with van der Waals surface area (Å²) in [7, 11) is 1.62. The minimum atomic E-state index is -0.154. The second-order valence-corrected chi connectivity index (χ2v) is 2.62. The average molecular weight is 158 g/mol. The lowest BCUT2D eigenvalue weighted by atomic mass is 10.2. The third-order valence-electron chi connectivity index (χ3n) is 1.77. The highest BCUT2D eigenvalue weighted by atomic mass is 16.2. The van der Waals surface area contributed by atoms with Crippen LogP contribution < -0.4 is 16.5 Å². The lowest BCUT2D eigenvalue weighted by Gasteiger charge is -2.28. The monoisotopic (exact) mass is 158 g/mol. The van der Waals surface area contributed by atoms with Gasteiger partial charge in [0.2, 0.25) is 5.91 Å². The van der Waals surface area contributed by atoms with E-state index in [2.05, 4.69) is 10.6 Å². The summed E-state index contributed by atoms with van der Waals surface area (Å²) in [6.07, 6.45) is 0. The van der Waals surface area contributed by atoms with Crippen molar-refractivity contribution in [1.82, 2.24) is 15.6 Å². The van der Waals surface area contributed by atoms with Gasteiger partial charge in [-0.15, -0.1) is 0 Å². The third-order valence-corrected chi connectivity index (χ3v) is 1.77. The molecule has 0 saturated carbocycles. The van der Waals surface area contributed by atoms with Gasteiger partial charge in [-0.25, -0.2) is 5.01 Å². The summed E-state index contributed by atoms with van der Waals surface area (Å²) >= 11 is 0. The van der Waals surface area contributed by atoms with Crippen LogP contribution in [0.25, 0.3) is 0 Å². The largest absolute Gasteiger partial charge is 0.358 e. The molecule has 1 aliphatic rings. The minimum absolute atomic E-state index is 0.000139. The molecule has 0 bridgehead atoms. The third kappa shape index (κ3) is 2.14. The van der Waals surface area contributed by atoms with E-state index < -0.39 is 0 Å². The van der Waals surface area contributed by atoms with Crippen LogP contribution in [0.1, 0.15) is 0 Å². The summed E-state index contributed by atoms with van der Waals surface area (Å²) in [5.74, 6) is 5.53.